The number of rotatable bonds is 4. The molecule has 0 spiro atoms. The van der Waals surface area contributed by atoms with Gasteiger partial charge in [0, 0.05) is 32.2 Å². The van der Waals surface area contributed by atoms with Crippen molar-refractivity contribution >= 4 is 10.0 Å². The van der Waals surface area contributed by atoms with E-state index in [9.17, 15) is 8.42 Å². The second kappa shape index (κ2) is 6.22. The first-order chi connectivity index (χ1) is 9.39. The summed E-state index contributed by atoms with van der Waals surface area (Å²) in [5, 5.41) is 3.25. The normalized spacial score (nSPS) is 21.3. The molecule has 112 valence electrons. The molecule has 1 aromatic rings. The van der Waals surface area contributed by atoms with Crippen LogP contribution in [0.3, 0.4) is 0 Å². The van der Waals surface area contributed by atoms with E-state index in [1.165, 1.54) is 0 Å². The van der Waals surface area contributed by atoms with Gasteiger partial charge in [-0.1, -0.05) is 12.1 Å². The quantitative estimate of drug-likeness (QED) is 0.890. The molecule has 0 unspecified atom stereocenters. The van der Waals surface area contributed by atoms with E-state index in [2.05, 4.69) is 10.2 Å². The molecule has 1 N–H and O–H groups in total. The van der Waals surface area contributed by atoms with Crippen LogP contribution in [0.1, 0.15) is 12.5 Å². The summed E-state index contributed by atoms with van der Waals surface area (Å²) in [5.41, 5.74) is 1.11. The molecular formula is C14H23N3O2S. The molecular weight excluding hydrogens is 274 g/mol. The van der Waals surface area contributed by atoms with E-state index >= 15 is 0 Å². The van der Waals surface area contributed by atoms with Gasteiger partial charge in [0.05, 0.1) is 4.90 Å². The van der Waals surface area contributed by atoms with Crippen LogP contribution in [0.15, 0.2) is 29.2 Å². The predicted octanol–water partition coefficient (Wildman–Crippen LogP) is 0.731. The zero-order chi connectivity index (χ0) is 14.8. The summed E-state index contributed by atoms with van der Waals surface area (Å²) in [7, 11) is 0.625. The third kappa shape index (κ3) is 3.58. The van der Waals surface area contributed by atoms with E-state index < -0.39 is 10.0 Å². The van der Waals surface area contributed by atoms with Crippen molar-refractivity contribution in [1.82, 2.24) is 14.5 Å². The molecule has 0 aliphatic carbocycles. The Morgan fingerprint density at radius 3 is 2.50 bits per heavy atom. The average molecular weight is 297 g/mol. The summed E-state index contributed by atoms with van der Waals surface area (Å²) in [4.78, 5) is 2.44. The summed E-state index contributed by atoms with van der Waals surface area (Å²) in [6, 6.07) is 7.39. The minimum Gasteiger partial charge on any atom is -0.312 e. The van der Waals surface area contributed by atoms with Crippen LogP contribution in [0, 0.1) is 0 Å². The van der Waals surface area contributed by atoms with Gasteiger partial charge in [0.1, 0.15) is 0 Å². The molecule has 0 amide bonds. The van der Waals surface area contributed by atoms with Gasteiger partial charge >= 0.3 is 0 Å². The Bertz CT molecular complexity index is 540. The monoisotopic (exact) mass is 297 g/mol. The molecule has 0 bridgehead atoms. The number of hydrogen-bond acceptors (Lipinski definition) is 4. The lowest BCUT2D eigenvalue weighted by molar-refractivity contribution is 0.310. The highest BCUT2D eigenvalue weighted by atomic mass is 32.2. The standard InChI is InChI=1S/C14H23N3O2S/c1-12-10-17(9-8-15-12)20(18,19)14-6-4-13(5-7-14)11-16(2)3/h4-7,12,15H,8-11H2,1-3H3/t12-/m1/s1. The number of sulfonamides is 1. The van der Waals surface area contributed by atoms with Crippen LogP contribution < -0.4 is 5.32 Å². The molecule has 2 rings (SSSR count). The molecule has 1 heterocycles. The second-order valence-corrected chi connectivity index (χ2v) is 7.54. The predicted molar refractivity (Wildman–Crippen MR) is 80.1 cm³/mol. The Morgan fingerprint density at radius 2 is 1.95 bits per heavy atom. The SMILES string of the molecule is C[C@@H]1CN(S(=O)(=O)c2ccc(CN(C)C)cc2)CCN1. The van der Waals surface area contributed by atoms with Crippen molar-refractivity contribution in [2.24, 2.45) is 0 Å². The lowest BCUT2D eigenvalue weighted by Crippen LogP contribution is -2.51. The van der Waals surface area contributed by atoms with Crippen molar-refractivity contribution in [3.63, 3.8) is 0 Å². The van der Waals surface area contributed by atoms with Crippen LogP contribution in [0.2, 0.25) is 0 Å². The molecule has 1 aliphatic rings. The van der Waals surface area contributed by atoms with Gasteiger partial charge in [0.2, 0.25) is 10.0 Å². The highest BCUT2D eigenvalue weighted by Gasteiger charge is 2.28. The summed E-state index contributed by atoms with van der Waals surface area (Å²) in [5.74, 6) is 0. The first kappa shape index (κ1) is 15.4. The summed E-state index contributed by atoms with van der Waals surface area (Å²) in [6.45, 7) is 4.58. The van der Waals surface area contributed by atoms with Crippen molar-refractivity contribution < 1.29 is 8.42 Å². The minimum atomic E-state index is -3.36. The van der Waals surface area contributed by atoms with Gasteiger partial charge < -0.3 is 10.2 Å². The molecule has 1 aliphatic heterocycles. The maximum absolute atomic E-state index is 12.6. The fourth-order valence-corrected chi connectivity index (χ4v) is 3.93. The fourth-order valence-electron chi connectivity index (χ4n) is 2.40. The summed E-state index contributed by atoms with van der Waals surface area (Å²) >= 11 is 0. The van der Waals surface area contributed by atoms with Gasteiger partial charge in [-0.25, -0.2) is 8.42 Å². The van der Waals surface area contributed by atoms with E-state index in [1.54, 1.807) is 16.4 Å². The summed E-state index contributed by atoms with van der Waals surface area (Å²) < 4.78 is 26.7. The maximum Gasteiger partial charge on any atom is 0.243 e. The van der Waals surface area contributed by atoms with Crippen LogP contribution in [-0.2, 0) is 16.6 Å². The van der Waals surface area contributed by atoms with Crippen LogP contribution in [-0.4, -0.2) is 57.4 Å². The maximum atomic E-state index is 12.6. The van der Waals surface area contributed by atoms with E-state index in [-0.39, 0.29) is 6.04 Å². The van der Waals surface area contributed by atoms with E-state index in [1.807, 2.05) is 33.2 Å². The highest BCUT2D eigenvalue weighted by molar-refractivity contribution is 7.89. The number of nitrogens with one attached hydrogen (secondary N) is 1. The van der Waals surface area contributed by atoms with Crippen LogP contribution >= 0.6 is 0 Å². The average Bonchev–Trinajstić information content (AvgIpc) is 2.38. The lowest BCUT2D eigenvalue weighted by Gasteiger charge is -2.31. The molecule has 20 heavy (non-hydrogen) atoms. The van der Waals surface area contributed by atoms with Gasteiger partial charge in [0.25, 0.3) is 0 Å². The molecule has 0 saturated carbocycles. The zero-order valence-electron chi connectivity index (χ0n) is 12.3. The molecule has 1 fully saturated rings. The third-order valence-electron chi connectivity index (χ3n) is 3.39. The van der Waals surface area contributed by atoms with E-state index in [0.29, 0.717) is 24.5 Å². The molecule has 1 saturated heterocycles. The highest BCUT2D eigenvalue weighted by Crippen LogP contribution is 2.18. The number of hydrogen-bond donors (Lipinski definition) is 1. The Labute approximate surface area is 121 Å². The van der Waals surface area contributed by atoms with Gasteiger partial charge in [0.15, 0.2) is 0 Å². The smallest absolute Gasteiger partial charge is 0.243 e. The number of benzene rings is 1. The van der Waals surface area contributed by atoms with Crippen molar-refractivity contribution in [3.8, 4) is 0 Å². The number of nitrogens with zero attached hydrogens (tertiary/aromatic N) is 2. The third-order valence-corrected chi connectivity index (χ3v) is 5.27. The molecule has 6 heteroatoms. The Kier molecular flexibility index (Phi) is 4.80. The van der Waals surface area contributed by atoms with Crippen molar-refractivity contribution in [1.29, 1.82) is 0 Å². The van der Waals surface area contributed by atoms with E-state index in [4.69, 9.17) is 0 Å². The zero-order valence-corrected chi connectivity index (χ0v) is 13.2. The first-order valence-electron chi connectivity index (χ1n) is 6.87. The van der Waals surface area contributed by atoms with Crippen LogP contribution in [0.5, 0.6) is 0 Å². The lowest BCUT2D eigenvalue weighted by atomic mass is 10.2. The van der Waals surface area contributed by atoms with E-state index in [0.717, 1.165) is 12.1 Å². The van der Waals surface area contributed by atoms with Crippen LogP contribution in [0.4, 0.5) is 0 Å². The van der Waals surface area contributed by atoms with Gasteiger partial charge in [-0.05, 0) is 38.7 Å². The molecule has 1 aromatic carbocycles. The van der Waals surface area contributed by atoms with Gasteiger partial charge in [-0.2, -0.15) is 4.31 Å². The van der Waals surface area contributed by atoms with Gasteiger partial charge in [-0.15, -0.1) is 0 Å². The first-order valence-corrected chi connectivity index (χ1v) is 8.31. The van der Waals surface area contributed by atoms with Crippen molar-refractivity contribution in [3.05, 3.63) is 29.8 Å². The molecule has 1 atom stereocenters. The van der Waals surface area contributed by atoms with Crippen molar-refractivity contribution in [2.75, 3.05) is 33.7 Å². The molecule has 0 aromatic heterocycles. The fraction of sp³-hybridized carbons (Fsp3) is 0.571. The minimum absolute atomic E-state index is 0.200. The Balaban J connectivity index is 2.17. The Morgan fingerprint density at radius 1 is 1.30 bits per heavy atom. The van der Waals surface area contributed by atoms with Crippen LogP contribution in [0.25, 0.3) is 0 Å². The molecule has 0 radical (unpaired) electrons. The largest absolute Gasteiger partial charge is 0.312 e. The van der Waals surface area contributed by atoms with Crippen molar-refractivity contribution in [2.45, 2.75) is 24.4 Å². The summed E-state index contributed by atoms with van der Waals surface area (Å²) in [6.07, 6.45) is 0. The molecule has 5 nitrogen and oxygen atoms in total. The van der Waals surface area contributed by atoms with Gasteiger partial charge in [-0.3, -0.25) is 0 Å². The Hall–Kier alpha value is -0.950. The topological polar surface area (TPSA) is 52.7 Å². The second-order valence-electron chi connectivity index (χ2n) is 5.60. The number of piperazine rings is 1.